The van der Waals surface area contributed by atoms with Gasteiger partial charge in [-0.1, -0.05) is 105 Å². The van der Waals surface area contributed by atoms with Gasteiger partial charge in [0.2, 0.25) is 59.1 Å². The molecule has 5 aromatic rings. The van der Waals surface area contributed by atoms with Gasteiger partial charge in [0.1, 0.15) is 66.2 Å². The lowest BCUT2D eigenvalue weighted by molar-refractivity contribution is -0.144. The van der Waals surface area contributed by atoms with Crippen molar-refractivity contribution in [2.75, 3.05) is 45.9 Å². The van der Waals surface area contributed by atoms with E-state index in [0.717, 1.165) is 23.0 Å². The van der Waals surface area contributed by atoms with Crippen LogP contribution in [0.2, 0.25) is 5.02 Å². The Labute approximate surface area is 660 Å². The number of fused-ring (bicyclic) bond motifs is 1. The number of unbranched alkanes of at least 4 members (excludes halogenated alkanes) is 2. The molecule has 1 aliphatic heterocycles. The van der Waals surface area contributed by atoms with Gasteiger partial charge < -0.3 is 89.3 Å². The van der Waals surface area contributed by atoms with Crippen LogP contribution in [0.15, 0.2) is 132 Å². The number of aromatic nitrogens is 1. The summed E-state index contributed by atoms with van der Waals surface area (Å²) in [7, 11) is 0. The highest BCUT2D eigenvalue weighted by molar-refractivity contribution is 6.30. The fraction of sp³-hybridized carbons (Fsp3) is 0.494. The minimum absolute atomic E-state index is 0.0366. The number of rotatable bonds is 46. The second kappa shape index (κ2) is 47.4. The van der Waals surface area contributed by atoms with Gasteiger partial charge in [-0.15, -0.1) is 0 Å². The molecule has 31 heteroatoms. The third-order valence-corrected chi connectivity index (χ3v) is 18.8. The number of aliphatic hydroxyl groups is 1. The summed E-state index contributed by atoms with van der Waals surface area (Å²) in [6.07, 6.45) is 7.58. The number of aliphatic carboxylic acids is 1. The van der Waals surface area contributed by atoms with Crippen molar-refractivity contribution >= 4 is 93.4 Å². The van der Waals surface area contributed by atoms with Gasteiger partial charge in [-0.05, 0) is 167 Å². The summed E-state index contributed by atoms with van der Waals surface area (Å²) in [5.74, 6) is -8.09. The predicted molar refractivity (Wildman–Crippen MR) is 428 cm³/mol. The molecule has 0 aliphatic carbocycles. The first-order chi connectivity index (χ1) is 53.7. The zero-order valence-corrected chi connectivity index (χ0v) is 66.1. The fourth-order valence-electron chi connectivity index (χ4n) is 12.8. The van der Waals surface area contributed by atoms with Crippen molar-refractivity contribution in [3.8, 4) is 5.75 Å². The topological polar surface area (TPSA) is 433 Å². The van der Waals surface area contributed by atoms with Crippen LogP contribution in [-0.4, -0.2) is 202 Å². The summed E-state index contributed by atoms with van der Waals surface area (Å²) in [5, 5.41) is 70.7. The smallest absolute Gasteiger partial charge is 0.325 e. The molecule has 4 aromatic carbocycles. The predicted octanol–water partition coefficient (Wildman–Crippen LogP) is 3.75. The summed E-state index contributed by atoms with van der Waals surface area (Å²) >= 11 is 6.26. The third-order valence-electron chi connectivity index (χ3n) is 18.6. The molecule has 30 nitrogen and oxygen atoms in total. The van der Waals surface area contributed by atoms with Crippen LogP contribution in [0.1, 0.15) is 142 Å². The molecule has 0 spiro atoms. The summed E-state index contributed by atoms with van der Waals surface area (Å²) in [5.41, 5.74) is 2.13. The maximum atomic E-state index is 15.2. The number of aliphatic hydroxyl groups excluding tert-OH is 1. The van der Waals surface area contributed by atoms with Gasteiger partial charge in [-0.25, -0.2) is 0 Å². The van der Waals surface area contributed by atoms with Crippen molar-refractivity contribution in [1.82, 2.24) is 79.0 Å². The Morgan fingerprint density at radius 3 is 1.63 bits per heavy atom. The molecule has 0 saturated carbocycles. The van der Waals surface area contributed by atoms with Crippen LogP contribution in [0, 0.1) is 5.92 Å². The summed E-state index contributed by atoms with van der Waals surface area (Å²) in [4.78, 5) is 167. The fourth-order valence-corrected chi connectivity index (χ4v) is 13.0. The number of benzene rings is 4. The number of guanidine groups is 1. The zero-order valence-electron chi connectivity index (χ0n) is 65.3. The number of likely N-dealkylation sites (tertiary alicyclic amines) is 1. The first-order valence-electron chi connectivity index (χ1n) is 38.7. The molecule has 6 rings (SSSR count). The van der Waals surface area contributed by atoms with Gasteiger partial charge in [-0.3, -0.25) is 62.7 Å². The maximum Gasteiger partial charge on any atom is 0.325 e. The minimum atomic E-state index is -1.82. The van der Waals surface area contributed by atoms with Crippen LogP contribution in [0.5, 0.6) is 5.75 Å². The van der Waals surface area contributed by atoms with Gasteiger partial charge in [0.25, 0.3) is 0 Å². The van der Waals surface area contributed by atoms with E-state index in [1.807, 2.05) is 90.1 Å². The SMILES string of the molecule is CC/C=C(/NCC)NCCCC[C@H](NC(=O)[C@H](CC(C)C)NC(=O)[C@@H](CCCCN=C(NCC)NCC)NC(=O)[C@H](Cc1ccc(O)cc1)NC(=O)[C@H](CO)NC(=O)[C@@H](Cc1cccnc1)NC(=O)[C@@H](Cc1ccc(Cl)cc1)NC(=O)[C@@H](Cc1ccc2ccccc2c1)NC(C)=O)C(=O)N1CCC[C@H]1C(=O)N[C@H](C)C(=O)O. The normalized spacial score (nSPS) is 15.0. The Bertz CT molecular complexity index is 3970. The molecule has 0 radical (unpaired) electrons. The molecule has 2 heterocycles. The Hall–Kier alpha value is -10.9. The largest absolute Gasteiger partial charge is 0.508 e. The second-order valence-electron chi connectivity index (χ2n) is 28.2. The number of phenolic OH excluding ortho intramolecular Hbond substituents is 1. The van der Waals surface area contributed by atoms with Gasteiger partial charge in [0.15, 0.2) is 5.96 Å². The third kappa shape index (κ3) is 30.4. The molecule has 1 saturated heterocycles. The number of nitrogens with one attached hydrogen (secondary N) is 13. The molecule has 10 atom stereocenters. The van der Waals surface area contributed by atoms with Crippen LogP contribution >= 0.6 is 11.6 Å². The van der Waals surface area contributed by atoms with Crippen LogP contribution in [0.4, 0.5) is 0 Å². The highest BCUT2D eigenvalue weighted by Gasteiger charge is 2.40. The van der Waals surface area contributed by atoms with Gasteiger partial charge in [-0.2, -0.15) is 0 Å². The lowest BCUT2D eigenvalue weighted by Gasteiger charge is -2.31. The number of halogens is 1. The number of carboxylic acids is 1. The number of nitrogens with zero attached hydrogens (tertiary/aromatic N) is 3. The highest BCUT2D eigenvalue weighted by atomic mass is 35.5. The minimum Gasteiger partial charge on any atom is -0.508 e. The summed E-state index contributed by atoms with van der Waals surface area (Å²) in [6.45, 7) is 15.8. The van der Waals surface area contributed by atoms with Gasteiger partial charge >= 0.3 is 5.97 Å². The van der Waals surface area contributed by atoms with E-state index in [9.17, 15) is 58.5 Å². The molecule has 10 amide bonds. The number of phenols is 1. The van der Waals surface area contributed by atoms with Crippen molar-refractivity contribution in [3.63, 3.8) is 0 Å². The van der Waals surface area contributed by atoms with Crippen molar-refractivity contribution in [3.05, 3.63) is 155 Å². The number of carboxylic acid groups (broad SMARTS) is 1. The van der Waals surface area contributed by atoms with Crippen molar-refractivity contribution in [2.45, 2.75) is 206 Å². The molecule has 1 aliphatic rings. The molecular formula is C81H113ClN16O14. The van der Waals surface area contributed by atoms with E-state index >= 15 is 9.59 Å². The van der Waals surface area contributed by atoms with Crippen LogP contribution in [0.25, 0.3) is 10.8 Å². The average molecular weight is 1570 g/mol. The van der Waals surface area contributed by atoms with E-state index in [1.165, 1.54) is 55.4 Å². The van der Waals surface area contributed by atoms with E-state index in [1.54, 1.807) is 36.4 Å². The lowest BCUT2D eigenvalue weighted by Crippen LogP contribution is -2.61. The average Bonchev–Trinajstić information content (AvgIpc) is 0.907. The van der Waals surface area contributed by atoms with Crippen LogP contribution < -0.4 is 69.1 Å². The number of allylic oxidation sites excluding steroid dienone is 1. The van der Waals surface area contributed by atoms with E-state index in [4.69, 9.17) is 11.6 Å². The van der Waals surface area contributed by atoms with E-state index in [0.29, 0.717) is 91.6 Å². The molecule has 1 aromatic heterocycles. The zero-order chi connectivity index (χ0) is 81.7. The van der Waals surface area contributed by atoms with Crippen molar-refractivity contribution in [1.29, 1.82) is 0 Å². The van der Waals surface area contributed by atoms with Crippen LogP contribution in [-0.2, 0) is 78.4 Å². The first kappa shape index (κ1) is 90.0. The highest BCUT2D eigenvalue weighted by Crippen LogP contribution is 2.23. The van der Waals surface area contributed by atoms with Crippen molar-refractivity contribution in [2.24, 2.45) is 10.9 Å². The summed E-state index contributed by atoms with van der Waals surface area (Å²) in [6, 6.07) is 15.0. The summed E-state index contributed by atoms with van der Waals surface area (Å²) < 4.78 is 0. The second-order valence-corrected chi connectivity index (χ2v) is 28.6. The molecule has 112 heavy (non-hydrogen) atoms. The molecule has 0 unspecified atom stereocenters. The lowest BCUT2D eigenvalue weighted by atomic mass is 9.99. The Morgan fingerprint density at radius 1 is 0.554 bits per heavy atom. The van der Waals surface area contributed by atoms with E-state index in [-0.39, 0.29) is 76.0 Å². The number of hydrogen-bond donors (Lipinski definition) is 16. The number of pyridine rings is 1. The Morgan fingerprint density at radius 2 is 1.06 bits per heavy atom. The number of carbonyl (C=O) groups is 11. The maximum absolute atomic E-state index is 15.2. The quantitative estimate of drug-likeness (QED) is 0.0150. The van der Waals surface area contributed by atoms with Crippen molar-refractivity contribution < 1.29 is 68.1 Å². The molecule has 608 valence electrons. The Kier molecular flexibility index (Phi) is 38.1. The molecule has 0 bridgehead atoms. The standard InChI is InChI=1S/C81H113ClN16O14/c1-9-21-70(84-10-2)87-39-17-16-26-62(79(110)98-41-20-27-69(98)78(109)89-51(7)80(111)112)92-72(103)63(42-50(5)6)93-71(102)61(25-15-18-40-88-81(85-11-3)86-12-4)91-74(105)65(45-54-31-36-60(101)37-32-54)96-77(108)68(49-99)97-76(107)67(47-56-22-19-38-83-48-56)95-75(106)66(44-53-29-34-59(82)35-30-53)94-73(104)64(90-52(8)100)46-55-28-33-57-23-13-14-24-58(57)43-55/h13-14,19,21-24,28-38,43,48,50-51,61-69,84,87,99,101H,9-12,15-18,20,25-27,39-42,44-47,49H2,1-8H3,(H,89,109)(H,90,100)(H,91,105)(H,92,103)(H,93,102)(H,94,104)(H,95,106)(H,96,108)(H,97,107)(H,111,112)(H2,85,86,88)/b70-21-/t51-,61-,62+,63+,64-,65+,66-,67-,68+,69+/m1/s1. The number of amides is 10. The number of aliphatic imine (C=N–C) groups is 1. The first-order valence-corrected chi connectivity index (χ1v) is 39.0. The molecular weight excluding hydrogens is 1460 g/mol. The van der Waals surface area contributed by atoms with Gasteiger partial charge in [0.05, 0.1) is 12.4 Å². The number of carbonyl (C=O) groups excluding carboxylic acids is 10. The monoisotopic (exact) mass is 1570 g/mol. The molecule has 16 N–H and O–H groups in total. The number of aromatic hydroxyl groups is 1. The van der Waals surface area contributed by atoms with E-state index < -0.39 is 132 Å². The van der Waals surface area contributed by atoms with E-state index in [2.05, 4.69) is 79.1 Å². The Balaban J connectivity index is 1.29. The van der Waals surface area contributed by atoms with Gasteiger partial charge in [0, 0.05) is 89.3 Å². The van der Waals surface area contributed by atoms with Crippen LogP contribution in [0.3, 0.4) is 0 Å². The molecule has 1 fully saturated rings. The number of hydrogen-bond acceptors (Lipinski definition) is 17.